The highest BCUT2D eigenvalue weighted by molar-refractivity contribution is 7.26. The first-order valence-corrected chi connectivity index (χ1v) is 25.3. The molecule has 0 radical (unpaired) electrons. The third-order valence-electron chi connectivity index (χ3n) is 14.8. The highest BCUT2D eigenvalue weighted by atomic mass is 32.1. The van der Waals surface area contributed by atoms with E-state index < -0.39 is 0 Å². The van der Waals surface area contributed by atoms with Crippen molar-refractivity contribution in [2.75, 3.05) is 12.0 Å². The van der Waals surface area contributed by atoms with Gasteiger partial charge < -0.3 is 9.64 Å². The molecule has 0 spiro atoms. The molecule has 0 amide bonds. The van der Waals surface area contributed by atoms with Crippen molar-refractivity contribution >= 4 is 120 Å². The molecular weight excluding hydrogens is 897 g/mol. The van der Waals surface area contributed by atoms with E-state index in [1.165, 1.54) is 79.8 Å². The molecule has 15 rings (SSSR count). The first-order chi connectivity index (χ1) is 35.6. The first-order valence-electron chi connectivity index (χ1n) is 24.5. The van der Waals surface area contributed by atoms with Crippen molar-refractivity contribution in [3.8, 4) is 34.2 Å². The third-order valence-corrected chi connectivity index (χ3v) is 15.9. The molecule has 72 heavy (non-hydrogen) atoms. The average Bonchev–Trinajstić information content (AvgIpc) is 3.96. The van der Waals surface area contributed by atoms with Crippen LogP contribution >= 0.6 is 11.3 Å². The molecule has 0 unspecified atom stereocenters. The van der Waals surface area contributed by atoms with Crippen molar-refractivity contribution in [2.45, 2.75) is 6.42 Å². The van der Waals surface area contributed by atoms with Crippen molar-refractivity contribution in [1.29, 1.82) is 0 Å². The predicted molar refractivity (Wildman–Crippen MR) is 304 cm³/mol. The molecule has 0 N–H and O–H groups in total. The van der Waals surface area contributed by atoms with Crippen LogP contribution in [0.2, 0.25) is 0 Å². The lowest BCUT2D eigenvalue weighted by atomic mass is 9.92. The summed E-state index contributed by atoms with van der Waals surface area (Å²) in [6.45, 7) is 0. The van der Waals surface area contributed by atoms with Crippen LogP contribution < -0.4 is 9.64 Å². The Morgan fingerprint density at radius 1 is 0.472 bits per heavy atom. The molecule has 1 aliphatic rings. The van der Waals surface area contributed by atoms with Crippen molar-refractivity contribution in [1.82, 2.24) is 14.5 Å². The van der Waals surface area contributed by atoms with Crippen LogP contribution in [-0.4, -0.2) is 21.6 Å². The molecular formula is C66H42N4OS. The van der Waals surface area contributed by atoms with Crippen LogP contribution in [-0.2, 0) is 6.42 Å². The fourth-order valence-electron chi connectivity index (χ4n) is 11.5. The number of hydrogen-bond acceptors (Lipinski definition) is 5. The number of hydrogen-bond donors (Lipinski definition) is 0. The van der Waals surface area contributed by atoms with Gasteiger partial charge in [0.15, 0.2) is 5.82 Å². The van der Waals surface area contributed by atoms with E-state index in [-0.39, 0.29) is 0 Å². The van der Waals surface area contributed by atoms with Gasteiger partial charge in [-0.15, -0.1) is 11.3 Å². The molecule has 0 fully saturated rings. The lowest BCUT2D eigenvalue weighted by molar-refractivity contribution is 0.415. The number of methoxy groups -OCH3 is 1. The zero-order valence-corrected chi connectivity index (χ0v) is 40.0. The molecule has 5 nitrogen and oxygen atoms in total. The summed E-state index contributed by atoms with van der Waals surface area (Å²) in [6, 6.07) is 77.1. The van der Waals surface area contributed by atoms with Crippen LogP contribution in [0.3, 0.4) is 0 Å². The monoisotopic (exact) mass is 938 g/mol. The molecule has 0 bridgehead atoms. The third kappa shape index (κ3) is 6.32. The zero-order valence-electron chi connectivity index (χ0n) is 39.2. The van der Waals surface area contributed by atoms with E-state index in [0.29, 0.717) is 5.82 Å². The lowest BCUT2D eigenvalue weighted by Gasteiger charge is -2.27. The summed E-state index contributed by atoms with van der Waals surface area (Å²) in [5.41, 5.74) is 10.7. The standard InChI is InChI=1S/C66H42N4OS/c1-71-48-29-26-45(27-30-48)69(47-32-43-20-12-18-41-19-13-21-44(33-47)65(41)43)46-28-31-53-56-38-63-58(57-35-54-51-24-10-8-22-49(51)50-23-9-11-25-52(50)55(54)37-62(57)72-63)36-61(56)70(60(53)34-46)64-39-59(40-14-4-2-5-15-40)67-66(68-64)42-16-6-3-7-17-42/h2-18,20-39H,19H2,1H3. The fraction of sp³-hybridized carbons (Fsp3) is 0.0303. The predicted octanol–water partition coefficient (Wildman–Crippen LogP) is 17.9. The van der Waals surface area contributed by atoms with Gasteiger partial charge in [-0.3, -0.25) is 4.57 Å². The summed E-state index contributed by atoms with van der Waals surface area (Å²) >= 11 is 1.88. The van der Waals surface area contributed by atoms with Gasteiger partial charge in [0, 0.05) is 65.2 Å². The minimum absolute atomic E-state index is 0.670. The first kappa shape index (κ1) is 40.8. The van der Waals surface area contributed by atoms with E-state index in [2.05, 4.69) is 216 Å². The number of allylic oxidation sites excluding steroid dienone is 1. The second kappa shape index (κ2) is 16.0. The number of fused-ring (bicyclic) bond motifs is 12. The van der Waals surface area contributed by atoms with Crippen LogP contribution in [0.1, 0.15) is 11.1 Å². The van der Waals surface area contributed by atoms with Gasteiger partial charge in [-0.1, -0.05) is 146 Å². The Hall–Kier alpha value is -9.10. The lowest BCUT2D eigenvalue weighted by Crippen LogP contribution is -2.11. The molecule has 0 saturated carbocycles. The van der Waals surface area contributed by atoms with E-state index in [0.717, 1.165) is 68.3 Å². The van der Waals surface area contributed by atoms with Crippen molar-refractivity contribution in [2.24, 2.45) is 0 Å². The maximum absolute atomic E-state index is 5.68. The number of thiophene rings is 1. The summed E-state index contributed by atoms with van der Waals surface area (Å²) in [5.74, 6) is 2.28. The van der Waals surface area contributed by atoms with Crippen LogP contribution in [0.25, 0.3) is 120 Å². The summed E-state index contributed by atoms with van der Waals surface area (Å²) in [4.78, 5) is 13.1. The van der Waals surface area contributed by atoms with Gasteiger partial charge >= 0.3 is 0 Å². The number of aromatic nitrogens is 3. The summed E-state index contributed by atoms with van der Waals surface area (Å²) in [7, 11) is 1.72. The van der Waals surface area contributed by atoms with Crippen molar-refractivity contribution in [3.63, 3.8) is 0 Å². The van der Waals surface area contributed by atoms with E-state index in [1.807, 2.05) is 29.5 Å². The van der Waals surface area contributed by atoms with Crippen LogP contribution in [0, 0.1) is 0 Å². The van der Waals surface area contributed by atoms with Gasteiger partial charge in [0.2, 0.25) is 0 Å². The van der Waals surface area contributed by atoms with Gasteiger partial charge in [-0.05, 0) is 133 Å². The van der Waals surface area contributed by atoms with Crippen molar-refractivity contribution in [3.05, 3.63) is 230 Å². The van der Waals surface area contributed by atoms with E-state index in [9.17, 15) is 0 Å². The Morgan fingerprint density at radius 2 is 1.11 bits per heavy atom. The summed E-state index contributed by atoms with van der Waals surface area (Å²) < 4.78 is 10.6. The number of benzene rings is 11. The van der Waals surface area contributed by atoms with E-state index in [1.54, 1.807) is 7.11 Å². The molecule has 1 aliphatic carbocycles. The second-order valence-corrected chi connectivity index (χ2v) is 19.9. The van der Waals surface area contributed by atoms with E-state index >= 15 is 0 Å². The molecule has 3 aromatic heterocycles. The van der Waals surface area contributed by atoms with Crippen LogP contribution in [0.15, 0.2) is 218 Å². The quantitative estimate of drug-likeness (QED) is 0.149. The molecule has 338 valence electrons. The molecule has 0 atom stereocenters. The van der Waals surface area contributed by atoms with Crippen molar-refractivity contribution < 1.29 is 4.74 Å². The van der Waals surface area contributed by atoms with Gasteiger partial charge in [0.1, 0.15) is 11.6 Å². The smallest absolute Gasteiger partial charge is 0.162 e. The highest BCUT2D eigenvalue weighted by Crippen LogP contribution is 2.47. The largest absolute Gasteiger partial charge is 0.497 e. The number of nitrogens with zero attached hydrogens (tertiary/aromatic N) is 4. The topological polar surface area (TPSA) is 43.2 Å². The molecule has 0 aliphatic heterocycles. The Bertz CT molecular complexity index is 4520. The van der Waals surface area contributed by atoms with Crippen LogP contribution in [0.4, 0.5) is 17.1 Å². The van der Waals surface area contributed by atoms with Gasteiger partial charge in [0.05, 0.1) is 23.8 Å². The molecule has 14 aromatic rings. The van der Waals surface area contributed by atoms with Gasteiger partial charge in [-0.2, -0.15) is 0 Å². The fourth-order valence-corrected chi connectivity index (χ4v) is 12.7. The average molecular weight is 939 g/mol. The van der Waals surface area contributed by atoms with Gasteiger partial charge in [-0.25, -0.2) is 9.97 Å². The SMILES string of the molecule is COc1ccc(N(c2cc3c4c(cccc4c2)CC=C3)c2ccc3c4cc5sc6cc7c8ccccc8c8ccccc8c7cc6c5cc4n(-c4cc(-c5ccccc5)nc(-c5ccccc5)n4)c3c2)cc1. The Kier molecular flexibility index (Phi) is 9.04. The van der Waals surface area contributed by atoms with Gasteiger partial charge in [0.25, 0.3) is 0 Å². The zero-order chi connectivity index (χ0) is 47.4. The molecule has 11 aromatic carbocycles. The minimum Gasteiger partial charge on any atom is -0.497 e. The normalized spacial score (nSPS) is 12.4. The summed E-state index contributed by atoms with van der Waals surface area (Å²) in [6.07, 6.45) is 5.49. The Morgan fingerprint density at radius 3 is 1.85 bits per heavy atom. The number of ether oxygens (including phenoxy) is 1. The molecule has 0 saturated heterocycles. The van der Waals surface area contributed by atoms with E-state index in [4.69, 9.17) is 14.7 Å². The Labute approximate surface area is 418 Å². The highest BCUT2D eigenvalue weighted by Gasteiger charge is 2.23. The Balaban J connectivity index is 1.03. The molecule has 3 heterocycles. The summed E-state index contributed by atoms with van der Waals surface area (Å²) in [5, 5.41) is 15.0. The maximum atomic E-state index is 5.68. The molecule has 6 heteroatoms. The second-order valence-electron chi connectivity index (χ2n) is 18.8. The number of rotatable bonds is 7. The minimum atomic E-state index is 0.670. The maximum Gasteiger partial charge on any atom is 0.162 e. The van der Waals surface area contributed by atoms with Crippen LogP contribution in [0.5, 0.6) is 5.75 Å². The number of anilines is 3.